The SMILES string of the molecule is O=C(Oc1ccccc1)c1csc2c(=O)cc(N3CCCCC3)oc12. The van der Waals surface area contributed by atoms with Gasteiger partial charge in [0.15, 0.2) is 11.5 Å². The minimum absolute atomic E-state index is 0.120. The van der Waals surface area contributed by atoms with Crippen molar-refractivity contribution >= 4 is 33.5 Å². The topological polar surface area (TPSA) is 59.8 Å². The molecule has 2 aromatic heterocycles. The van der Waals surface area contributed by atoms with E-state index < -0.39 is 5.97 Å². The monoisotopic (exact) mass is 355 g/mol. The average molecular weight is 355 g/mol. The van der Waals surface area contributed by atoms with Gasteiger partial charge in [-0.05, 0) is 31.4 Å². The minimum atomic E-state index is -0.517. The van der Waals surface area contributed by atoms with E-state index in [9.17, 15) is 9.59 Å². The smallest absolute Gasteiger partial charge is 0.348 e. The van der Waals surface area contributed by atoms with Crippen LogP contribution in [-0.4, -0.2) is 19.1 Å². The zero-order chi connectivity index (χ0) is 17.2. The van der Waals surface area contributed by atoms with Crippen LogP contribution in [0.4, 0.5) is 5.88 Å². The molecule has 0 aliphatic carbocycles. The molecule has 0 saturated carbocycles. The average Bonchev–Trinajstić information content (AvgIpc) is 3.08. The molecule has 1 aromatic carbocycles. The third-order valence-electron chi connectivity index (χ3n) is 4.27. The van der Waals surface area contributed by atoms with Gasteiger partial charge in [-0.25, -0.2) is 4.79 Å². The number of thiophene rings is 1. The highest BCUT2D eigenvalue weighted by molar-refractivity contribution is 7.17. The number of hydrogen-bond acceptors (Lipinski definition) is 6. The van der Waals surface area contributed by atoms with E-state index in [2.05, 4.69) is 4.90 Å². The van der Waals surface area contributed by atoms with Crippen LogP contribution >= 0.6 is 11.3 Å². The summed E-state index contributed by atoms with van der Waals surface area (Å²) in [7, 11) is 0. The summed E-state index contributed by atoms with van der Waals surface area (Å²) in [6.07, 6.45) is 3.35. The molecule has 128 valence electrons. The molecule has 1 saturated heterocycles. The zero-order valence-electron chi connectivity index (χ0n) is 13.6. The number of carbonyl (C=O) groups excluding carboxylic acids is 1. The van der Waals surface area contributed by atoms with E-state index in [-0.39, 0.29) is 5.43 Å². The van der Waals surface area contributed by atoms with Crippen molar-refractivity contribution in [1.29, 1.82) is 0 Å². The fourth-order valence-corrected chi connectivity index (χ4v) is 3.86. The fourth-order valence-electron chi connectivity index (χ4n) is 2.99. The summed E-state index contributed by atoms with van der Waals surface area (Å²) in [5, 5.41) is 1.63. The zero-order valence-corrected chi connectivity index (χ0v) is 14.4. The third-order valence-corrected chi connectivity index (χ3v) is 5.25. The first-order valence-corrected chi connectivity index (χ1v) is 9.18. The molecule has 1 aliphatic rings. The maximum Gasteiger partial charge on any atom is 0.348 e. The molecule has 25 heavy (non-hydrogen) atoms. The van der Waals surface area contributed by atoms with E-state index in [4.69, 9.17) is 9.15 Å². The van der Waals surface area contributed by atoms with Crippen LogP contribution in [0.3, 0.4) is 0 Å². The first-order valence-electron chi connectivity index (χ1n) is 8.30. The summed E-state index contributed by atoms with van der Waals surface area (Å²) in [4.78, 5) is 27.0. The van der Waals surface area contributed by atoms with Crippen molar-refractivity contribution < 1.29 is 13.9 Å². The van der Waals surface area contributed by atoms with E-state index in [1.54, 1.807) is 29.6 Å². The van der Waals surface area contributed by atoms with Crippen molar-refractivity contribution in [2.24, 2.45) is 0 Å². The molecule has 3 heterocycles. The Balaban J connectivity index is 1.70. The lowest BCUT2D eigenvalue weighted by molar-refractivity contribution is 0.0736. The van der Waals surface area contributed by atoms with Crippen LogP contribution in [0.5, 0.6) is 5.75 Å². The van der Waals surface area contributed by atoms with Crippen molar-refractivity contribution in [3.63, 3.8) is 0 Å². The van der Waals surface area contributed by atoms with Crippen LogP contribution in [0.1, 0.15) is 29.6 Å². The van der Waals surface area contributed by atoms with Crippen molar-refractivity contribution in [1.82, 2.24) is 0 Å². The normalized spacial score (nSPS) is 14.6. The number of anilines is 1. The maximum atomic E-state index is 12.5. The Morgan fingerprint density at radius 2 is 1.88 bits per heavy atom. The van der Waals surface area contributed by atoms with E-state index in [1.165, 1.54) is 23.8 Å². The number of esters is 1. The number of para-hydroxylation sites is 1. The number of nitrogens with zero attached hydrogens (tertiary/aromatic N) is 1. The van der Waals surface area contributed by atoms with Crippen LogP contribution in [0, 0.1) is 0 Å². The van der Waals surface area contributed by atoms with Gasteiger partial charge >= 0.3 is 5.97 Å². The molecular weight excluding hydrogens is 338 g/mol. The van der Waals surface area contributed by atoms with Crippen molar-refractivity contribution in [3.05, 3.63) is 57.6 Å². The Labute approximate surface area is 148 Å². The molecule has 0 bridgehead atoms. The minimum Gasteiger partial charge on any atom is -0.438 e. The van der Waals surface area contributed by atoms with Gasteiger partial charge in [-0.3, -0.25) is 4.79 Å². The lowest BCUT2D eigenvalue weighted by atomic mass is 10.1. The molecule has 1 aliphatic heterocycles. The van der Waals surface area contributed by atoms with Crippen molar-refractivity contribution in [2.45, 2.75) is 19.3 Å². The molecule has 0 atom stereocenters. The molecule has 6 heteroatoms. The van der Waals surface area contributed by atoms with Gasteiger partial charge in [0.2, 0.25) is 5.43 Å². The van der Waals surface area contributed by atoms with E-state index >= 15 is 0 Å². The number of hydrogen-bond donors (Lipinski definition) is 0. The predicted octanol–water partition coefficient (Wildman–Crippen LogP) is 4.06. The predicted molar refractivity (Wildman–Crippen MR) is 97.8 cm³/mol. The van der Waals surface area contributed by atoms with Gasteiger partial charge in [-0.15, -0.1) is 11.3 Å². The molecule has 0 radical (unpaired) electrons. The van der Waals surface area contributed by atoms with Crippen molar-refractivity contribution in [2.75, 3.05) is 18.0 Å². The highest BCUT2D eigenvalue weighted by atomic mass is 32.1. The maximum absolute atomic E-state index is 12.5. The Hall–Kier alpha value is -2.60. The van der Waals surface area contributed by atoms with Gasteiger partial charge in [0, 0.05) is 24.5 Å². The Bertz CT molecular complexity index is 954. The summed E-state index contributed by atoms with van der Waals surface area (Å²) < 4.78 is 11.8. The van der Waals surface area contributed by atoms with E-state index in [1.807, 2.05) is 6.07 Å². The summed E-state index contributed by atoms with van der Waals surface area (Å²) in [6.45, 7) is 1.73. The van der Waals surface area contributed by atoms with E-state index in [0.29, 0.717) is 27.5 Å². The molecule has 3 aromatic rings. The Kier molecular flexibility index (Phi) is 4.28. The quantitative estimate of drug-likeness (QED) is 0.524. The highest BCUT2D eigenvalue weighted by Gasteiger charge is 2.21. The molecule has 0 unspecified atom stereocenters. The summed E-state index contributed by atoms with van der Waals surface area (Å²) in [6, 6.07) is 10.4. The van der Waals surface area contributed by atoms with Crippen LogP contribution in [-0.2, 0) is 0 Å². The first kappa shape index (κ1) is 15.9. The van der Waals surface area contributed by atoms with Gasteiger partial charge in [0.1, 0.15) is 16.0 Å². The van der Waals surface area contributed by atoms with Crippen LogP contribution in [0.2, 0.25) is 0 Å². The number of benzene rings is 1. The molecule has 0 spiro atoms. The number of fused-ring (bicyclic) bond motifs is 1. The van der Waals surface area contributed by atoms with Gasteiger partial charge in [0.25, 0.3) is 0 Å². The van der Waals surface area contributed by atoms with Gasteiger partial charge in [-0.1, -0.05) is 18.2 Å². The summed E-state index contributed by atoms with van der Waals surface area (Å²) in [5.41, 5.74) is 0.490. The van der Waals surface area contributed by atoms with Crippen LogP contribution in [0.25, 0.3) is 10.3 Å². The summed E-state index contributed by atoms with van der Waals surface area (Å²) >= 11 is 1.21. The Morgan fingerprint density at radius 3 is 2.64 bits per heavy atom. The largest absolute Gasteiger partial charge is 0.438 e. The number of rotatable bonds is 3. The second-order valence-corrected chi connectivity index (χ2v) is 6.89. The van der Waals surface area contributed by atoms with Gasteiger partial charge in [-0.2, -0.15) is 0 Å². The number of carbonyl (C=O) groups is 1. The molecule has 5 nitrogen and oxygen atoms in total. The number of ether oxygens (including phenoxy) is 1. The van der Waals surface area contributed by atoms with Gasteiger partial charge < -0.3 is 14.1 Å². The van der Waals surface area contributed by atoms with Gasteiger partial charge in [0.05, 0.1) is 0 Å². The lowest BCUT2D eigenvalue weighted by Crippen LogP contribution is -2.30. The van der Waals surface area contributed by atoms with Crippen molar-refractivity contribution in [3.8, 4) is 5.75 Å². The molecule has 4 rings (SSSR count). The second kappa shape index (κ2) is 6.72. The highest BCUT2D eigenvalue weighted by Crippen LogP contribution is 2.29. The second-order valence-electron chi connectivity index (χ2n) is 6.01. The molecule has 1 fully saturated rings. The standard InChI is InChI=1S/C19H17NO4S/c21-15-11-16(20-9-5-2-6-10-20)24-17-14(12-25-18(15)17)19(22)23-13-7-3-1-4-8-13/h1,3-4,7-8,11-12H,2,5-6,9-10H2. The third kappa shape index (κ3) is 3.17. The first-order chi connectivity index (χ1) is 12.2. The van der Waals surface area contributed by atoms with Crippen LogP contribution in [0.15, 0.2) is 51.0 Å². The lowest BCUT2D eigenvalue weighted by Gasteiger charge is -2.26. The summed E-state index contributed by atoms with van der Waals surface area (Å²) in [5.74, 6) is 0.474. The number of piperidine rings is 1. The Morgan fingerprint density at radius 1 is 1.12 bits per heavy atom. The molecule has 0 N–H and O–H groups in total. The molecular formula is C19H17NO4S. The molecule has 0 amide bonds. The fraction of sp³-hybridized carbons (Fsp3) is 0.263. The van der Waals surface area contributed by atoms with E-state index in [0.717, 1.165) is 25.9 Å². The van der Waals surface area contributed by atoms with Crippen LogP contribution < -0.4 is 15.1 Å².